The van der Waals surface area contributed by atoms with Crippen LogP contribution in [0.5, 0.6) is 0 Å². The number of hydrogen-bond acceptors (Lipinski definition) is 6. The van der Waals surface area contributed by atoms with Crippen LogP contribution < -0.4 is 10.6 Å². The second kappa shape index (κ2) is 12.5. The Labute approximate surface area is 230 Å². The maximum Gasteiger partial charge on any atom is 0.408 e. The minimum Gasteiger partial charge on any atom is -0.466 e. The number of nitrogens with one attached hydrogen (secondary N) is 3. The maximum atomic E-state index is 13.9. The molecule has 3 N–H and O–H groups in total. The Hall–Kier alpha value is -3.56. The topological polar surface area (TPSA) is 130 Å². The molecule has 3 rings (SSSR count). The molecule has 39 heavy (non-hydrogen) atoms. The second-order valence-electron chi connectivity index (χ2n) is 11.6. The van der Waals surface area contributed by atoms with Crippen LogP contribution in [0.1, 0.15) is 66.4 Å². The lowest BCUT2D eigenvalue weighted by Crippen LogP contribution is -2.60. The maximum absolute atomic E-state index is 13.9. The molecule has 0 radical (unpaired) electrons. The number of carbonyl (C=O) groups is 4. The number of aromatic nitrogens is 1. The monoisotopic (exact) mass is 542 g/mol. The molecule has 1 fully saturated rings. The minimum absolute atomic E-state index is 0.00327. The van der Waals surface area contributed by atoms with Crippen molar-refractivity contribution in [1.82, 2.24) is 20.5 Å². The molecule has 0 saturated carbocycles. The summed E-state index contributed by atoms with van der Waals surface area (Å²) in [4.78, 5) is 56.7. The van der Waals surface area contributed by atoms with Gasteiger partial charge in [-0.25, -0.2) is 4.79 Å². The number of hydrogen-bond donors (Lipinski definition) is 3. The van der Waals surface area contributed by atoms with Gasteiger partial charge in [0, 0.05) is 36.6 Å². The second-order valence-corrected chi connectivity index (χ2v) is 11.6. The highest BCUT2D eigenvalue weighted by atomic mass is 16.6. The zero-order valence-corrected chi connectivity index (χ0v) is 23.9. The number of benzene rings is 1. The van der Waals surface area contributed by atoms with Crippen molar-refractivity contribution < 1.29 is 28.7 Å². The van der Waals surface area contributed by atoms with Crippen molar-refractivity contribution in [2.45, 2.75) is 84.4 Å². The van der Waals surface area contributed by atoms with E-state index < -0.39 is 29.2 Å². The third-order valence-corrected chi connectivity index (χ3v) is 6.67. The van der Waals surface area contributed by atoms with E-state index in [1.54, 1.807) is 46.4 Å². The molecule has 3 amide bonds. The van der Waals surface area contributed by atoms with E-state index in [1.165, 1.54) is 0 Å². The standard InChI is InChI=1S/C29H42N4O6/c1-7-38-24(34)15-19-11-10-14-33(18-19)25(35)23(16-20-17-30-22-13-9-8-12-21(20)22)31-26(36)29(5,6)32-27(37)39-28(2,3)4/h8-9,12-13,17,19,23,30H,7,10-11,14-16,18H2,1-6H3,(H,31,36)(H,32,37)/t19?,23-/m1/s1. The third kappa shape index (κ3) is 8.46. The van der Waals surface area contributed by atoms with Crippen LogP contribution in [-0.2, 0) is 30.3 Å². The van der Waals surface area contributed by atoms with Crippen molar-refractivity contribution in [3.63, 3.8) is 0 Å². The largest absolute Gasteiger partial charge is 0.466 e. The average molecular weight is 543 g/mol. The summed E-state index contributed by atoms with van der Waals surface area (Å²) in [5, 5.41) is 6.47. The quantitative estimate of drug-likeness (QED) is 0.415. The van der Waals surface area contributed by atoms with Crippen molar-refractivity contribution in [3.05, 3.63) is 36.0 Å². The molecular formula is C29H42N4O6. The Morgan fingerprint density at radius 3 is 2.54 bits per heavy atom. The van der Waals surface area contributed by atoms with Gasteiger partial charge in [-0.05, 0) is 71.9 Å². The highest BCUT2D eigenvalue weighted by molar-refractivity contribution is 5.94. The normalized spacial score (nSPS) is 16.9. The number of para-hydroxylation sites is 1. The van der Waals surface area contributed by atoms with Crippen molar-refractivity contribution in [1.29, 1.82) is 0 Å². The molecule has 0 spiro atoms. The molecule has 10 heteroatoms. The fourth-order valence-electron chi connectivity index (χ4n) is 4.78. The number of piperidine rings is 1. The van der Waals surface area contributed by atoms with Gasteiger partial charge in [-0.1, -0.05) is 18.2 Å². The summed E-state index contributed by atoms with van der Waals surface area (Å²) >= 11 is 0. The predicted octanol–water partition coefficient (Wildman–Crippen LogP) is 3.69. The van der Waals surface area contributed by atoms with Crippen LogP contribution in [0, 0.1) is 5.92 Å². The number of aromatic amines is 1. The number of ether oxygens (including phenoxy) is 2. The fraction of sp³-hybridized carbons (Fsp3) is 0.586. The Kier molecular flexibility index (Phi) is 9.63. The van der Waals surface area contributed by atoms with Crippen LogP contribution in [0.2, 0.25) is 0 Å². The molecule has 0 aliphatic carbocycles. The predicted molar refractivity (Wildman–Crippen MR) is 148 cm³/mol. The van der Waals surface area contributed by atoms with E-state index in [1.807, 2.05) is 30.5 Å². The van der Waals surface area contributed by atoms with E-state index in [0.29, 0.717) is 19.7 Å². The smallest absolute Gasteiger partial charge is 0.408 e. The Bertz CT molecular complexity index is 1180. The molecule has 2 atom stereocenters. The van der Waals surface area contributed by atoms with Crippen molar-refractivity contribution in [3.8, 4) is 0 Å². The first-order valence-electron chi connectivity index (χ1n) is 13.6. The first-order valence-corrected chi connectivity index (χ1v) is 13.6. The highest BCUT2D eigenvalue weighted by Gasteiger charge is 2.37. The molecular weight excluding hydrogens is 500 g/mol. The SMILES string of the molecule is CCOC(=O)CC1CCCN(C(=O)[C@@H](Cc2c[nH]c3ccccc23)NC(=O)C(C)(C)NC(=O)OC(C)(C)C)C1. The molecule has 10 nitrogen and oxygen atoms in total. The summed E-state index contributed by atoms with van der Waals surface area (Å²) in [6.07, 6.45) is 3.23. The fourth-order valence-corrected chi connectivity index (χ4v) is 4.78. The van der Waals surface area contributed by atoms with Gasteiger partial charge in [-0.15, -0.1) is 0 Å². The Balaban J connectivity index is 1.80. The average Bonchev–Trinajstić information content (AvgIpc) is 3.24. The zero-order valence-electron chi connectivity index (χ0n) is 23.9. The van der Waals surface area contributed by atoms with Crippen LogP contribution in [0.3, 0.4) is 0 Å². The summed E-state index contributed by atoms with van der Waals surface area (Å²) in [7, 11) is 0. The number of fused-ring (bicyclic) bond motifs is 1. The molecule has 2 aromatic rings. The molecule has 1 saturated heterocycles. The molecule has 1 aliphatic rings. The van der Waals surface area contributed by atoms with Gasteiger partial charge in [0.1, 0.15) is 17.2 Å². The van der Waals surface area contributed by atoms with Crippen molar-refractivity contribution >= 4 is 34.8 Å². The summed E-state index contributed by atoms with van der Waals surface area (Å²) in [5.74, 6) is -1.01. The van der Waals surface area contributed by atoms with E-state index in [9.17, 15) is 19.2 Å². The van der Waals surface area contributed by atoms with Crippen LogP contribution in [-0.4, -0.2) is 70.6 Å². The lowest BCUT2D eigenvalue weighted by molar-refractivity contribution is -0.146. The molecule has 214 valence electrons. The zero-order chi connectivity index (χ0) is 28.8. The molecule has 1 unspecified atom stereocenters. The van der Waals surface area contributed by atoms with Gasteiger partial charge in [0.15, 0.2) is 0 Å². The first kappa shape index (κ1) is 30.0. The summed E-state index contributed by atoms with van der Waals surface area (Å²) < 4.78 is 10.4. The van der Waals surface area contributed by atoms with Crippen LogP contribution >= 0.6 is 0 Å². The molecule has 2 heterocycles. The van der Waals surface area contributed by atoms with Crippen molar-refractivity contribution in [2.24, 2.45) is 5.92 Å². The minimum atomic E-state index is -1.34. The van der Waals surface area contributed by atoms with Crippen LogP contribution in [0.4, 0.5) is 4.79 Å². The van der Waals surface area contributed by atoms with E-state index in [0.717, 1.165) is 29.3 Å². The number of nitrogens with zero attached hydrogens (tertiary/aromatic N) is 1. The van der Waals surface area contributed by atoms with E-state index in [4.69, 9.17) is 9.47 Å². The number of H-pyrrole nitrogens is 1. The number of likely N-dealkylation sites (tertiary alicyclic amines) is 1. The van der Waals surface area contributed by atoms with E-state index >= 15 is 0 Å². The molecule has 1 aliphatic heterocycles. The lowest BCUT2D eigenvalue weighted by Gasteiger charge is -2.36. The Morgan fingerprint density at radius 1 is 1.13 bits per heavy atom. The summed E-state index contributed by atoms with van der Waals surface area (Å²) in [5.41, 5.74) is -0.236. The number of rotatable bonds is 9. The first-order chi connectivity index (χ1) is 18.3. The van der Waals surface area contributed by atoms with Gasteiger partial charge in [-0.3, -0.25) is 14.4 Å². The van der Waals surface area contributed by atoms with Crippen molar-refractivity contribution in [2.75, 3.05) is 19.7 Å². The van der Waals surface area contributed by atoms with Gasteiger partial charge in [-0.2, -0.15) is 0 Å². The van der Waals surface area contributed by atoms with Gasteiger partial charge >= 0.3 is 12.1 Å². The third-order valence-electron chi connectivity index (χ3n) is 6.67. The number of esters is 1. The van der Waals surface area contributed by atoms with E-state index in [2.05, 4.69) is 15.6 Å². The molecule has 1 aromatic heterocycles. The molecule has 1 aromatic carbocycles. The number of amides is 3. The van der Waals surface area contributed by atoms with Crippen LogP contribution in [0.25, 0.3) is 10.9 Å². The summed E-state index contributed by atoms with van der Waals surface area (Å²) in [6.45, 7) is 11.4. The van der Waals surface area contributed by atoms with E-state index in [-0.39, 0.29) is 30.6 Å². The highest BCUT2D eigenvalue weighted by Crippen LogP contribution is 2.24. The van der Waals surface area contributed by atoms with Crippen LogP contribution in [0.15, 0.2) is 30.5 Å². The van der Waals surface area contributed by atoms with Gasteiger partial charge < -0.3 is 30.0 Å². The van der Waals surface area contributed by atoms with Gasteiger partial charge in [0.25, 0.3) is 0 Å². The molecule has 0 bridgehead atoms. The summed E-state index contributed by atoms with van der Waals surface area (Å²) in [6, 6.07) is 6.89. The number of carbonyl (C=O) groups excluding carboxylic acids is 4. The van der Waals surface area contributed by atoms with Gasteiger partial charge in [0.2, 0.25) is 11.8 Å². The van der Waals surface area contributed by atoms with Gasteiger partial charge in [0.05, 0.1) is 13.0 Å². The lowest BCUT2D eigenvalue weighted by atomic mass is 9.93. The Morgan fingerprint density at radius 2 is 1.85 bits per heavy atom. The number of alkyl carbamates (subject to hydrolysis) is 1.